The molecule has 0 aliphatic rings. The Morgan fingerprint density at radius 2 is 2.18 bits per heavy atom. The third kappa shape index (κ3) is 3.44. The van der Waals surface area contributed by atoms with Crippen LogP contribution in [0.1, 0.15) is 23.6 Å². The summed E-state index contributed by atoms with van der Waals surface area (Å²) in [7, 11) is 3.11. The standard InChI is InChI=1S/C12H17NO4/c1-16-7-8-4-3-5-10(17-2)12(8)9(13)6-11(14)15/h3-5,9H,6-7,13H2,1-2H3,(H,14,15). The predicted molar refractivity (Wildman–Crippen MR) is 62.9 cm³/mol. The summed E-state index contributed by atoms with van der Waals surface area (Å²) in [5.41, 5.74) is 7.43. The molecule has 1 aromatic carbocycles. The maximum atomic E-state index is 10.7. The van der Waals surface area contributed by atoms with Gasteiger partial charge in [0.2, 0.25) is 0 Å². The summed E-state index contributed by atoms with van der Waals surface area (Å²) < 4.78 is 10.3. The Balaban J connectivity index is 3.11. The molecule has 0 aromatic heterocycles. The molecule has 0 spiro atoms. The molecule has 0 bridgehead atoms. The highest BCUT2D eigenvalue weighted by Crippen LogP contribution is 2.29. The van der Waals surface area contributed by atoms with E-state index in [-0.39, 0.29) is 6.42 Å². The molecule has 5 nitrogen and oxygen atoms in total. The molecular weight excluding hydrogens is 222 g/mol. The molecule has 0 aliphatic carbocycles. The molecule has 0 heterocycles. The first kappa shape index (κ1) is 13.5. The summed E-state index contributed by atoms with van der Waals surface area (Å²) in [6, 6.07) is 4.83. The van der Waals surface area contributed by atoms with E-state index in [0.717, 1.165) is 5.56 Å². The smallest absolute Gasteiger partial charge is 0.305 e. The molecule has 0 aliphatic heterocycles. The van der Waals surface area contributed by atoms with Crippen LogP contribution in [0.25, 0.3) is 0 Å². The Bertz CT molecular complexity index is 392. The highest BCUT2D eigenvalue weighted by Gasteiger charge is 2.18. The van der Waals surface area contributed by atoms with Gasteiger partial charge in [0.15, 0.2) is 0 Å². The van der Waals surface area contributed by atoms with Crippen LogP contribution >= 0.6 is 0 Å². The average molecular weight is 239 g/mol. The van der Waals surface area contributed by atoms with Gasteiger partial charge in [-0.25, -0.2) is 0 Å². The number of benzene rings is 1. The van der Waals surface area contributed by atoms with Crippen molar-refractivity contribution >= 4 is 5.97 Å². The summed E-state index contributed by atoms with van der Waals surface area (Å²) in [5, 5.41) is 8.78. The minimum absolute atomic E-state index is 0.142. The van der Waals surface area contributed by atoms with Crippen LogP contribution < -0.4 is 10.5 Å². The first-order valence-corrected chi connectivity index (χ1v) is 5.22. The first-order valence-electron chi connectivity index (χ1n) is 5.22. The fourth-order valence-electron chi connectivity index (χ4n) is 1.76. The molecule has 0 radical (unpaired) electrons. The van der Waals surface area contributed by atoms with Gasteiger partial charge >= 0.3 is 5.97 Å². The molecule has 1 unspecified atom stereocenters. The zero-order valence-electron chi connectivity index (χ0n) is 9.97. The molecule has 1 aromatic rings. The first-order chi connectivity index (χ1) is 8.10. The fraction of sp³-hybridized carbons (Fsp3) is 0.417. The lowest BCUT2D eigenvalue weighted by molar-refractivity contribution is -0.137. The predicted octanol–water partition coefficient (Wildman–Crippen LogP) is 1.32. The highest BCUT2D eigenvalue weighted by molar-refractivity contribution is 5.68. The number of hydrogen-bond acceptors (Lipinski definition) is 4. The van der Waals surface area contributed by atoms with Crippen molar-refractivity contribution < 1.29 is 19.4 Å². The number of carboxylic acid groups (broad SMARTS) is 1. The Hall–Kier alpha value is -1.59. The van der Waals surface area contributed by atoms with E-state index in [1.165, 1.54) is 7.11 Å². The molecule has 17 heavy (non-hydrogen) atoms. The van der Waals surface area contributed by atoms with Crippen molar-refractivity contribution in [2.75, 3.05) is 14.2 Å². The van der Waals surface area contributed by atoms with Gasteiger partial charge in [-0.2, -0.15) is 0 Å². The lowest BCUT2D eigenvalue weighted by Gasteiger charge is -2.18. The van der Waals surface area contributed by atoms with Gasteiger partial charge in [-0.3, -0.25) is 4.79 Å². The van der Waals surface area contributed by atoms with Gasteiger partial charge in [0.1, 0.15) is 5.75 Å². The molecule has 3 N–H and O–H groups in total. The number of methoxy groups -OCH3 is 2. The monoisotopic (exact) mass is 239 g/mol. The molecule has 0 saturated carbocycles. The van der Waals surface area contributed by atoms with E-state index in [2.05, 4.69) is 0 Å². The molecule has 0 saturated heterocycles. The van der Waals surface area contributed by atoms with Crippen molar-refractivity contribution in [1.29, 1.82) is 0 Å². The summed E-state index contributed by atoms with van der Waals surface area (Å²) in [6.07, 6.45) is -0.142. The molecule has 0 amide bonds. The van der Waals surface area contributed by atoms with Crippen LogP contribution in [-0.2, 0) is 16.1 Å². The van der Waals surface area contributed by atoms with Gasteiger partial charge < -0.3 is 20.3 Å². The van der Waals surface area contributed by atoms with Gasteiger partial charge in [0.05, 0.1) is 20.1 Å². The summed E-state index contributed by atoms with van der Waals surface area (Å²) in [4.78, 5) is 10.7. The molecular formula is C12H17NO4. The number of carbonyl (C=O) groups is 1. The summed E-state index contributed by atoms with van der Waals surface area (Å²) in [5.74, 6) is -0.347. The Kier molecular flexibility index (Phi) is 4.93. The molecule has 5 heteroatoms. The third-order valence-electron chi connectivity index (χ3n) is 2.44. The largest absolute Gasteiger partial charge is 0.496 e. The van der Waals surface area contributed by atoms with Crippen molar-refractivity contribution in [2.45, 2.75) is 19.1 Å². The van der Waals surface area contributed by atoms with E-state index in [4.69, 9.17) is 20.3 Å². The maximum absolute atomic E-state index is 10.7. The second-order valence-corrected chi connectivity index (χ2v) is 3.67. The Morgan fingerprint density at radius 3 is 2.71 bits per heavy atom. The van der Waals surface area contributed by atoms with Gasteiger partial charge in [-0.1, -0.05) is 12.1 Å². The van der Waals surface area contributed by atoms with Crippen LogP contribution in [0.2, 0.25) is 0 Å². The number of carboxylic acids is 1. The van der Waals surface area contributed by atoms with Crippen molar-refractivity contribution in [1.82, 2.24) is 0 Å². The van der Waals surface area contributed by atoms with E-state index in [1.54, 1.807) is 13.2 Å². The molecule has 94 valence electrons. The van der Waals surface area contributed by atoms with Crippen LogP contribution in [0.4, 0.5) is 0 Å². The van der Waals surface area contributed by atoms with Gasteiger partial charge in [0.25, 0.3) is 0 Å². The maximum Gasteiger partial charge on any atom is 0.305 e. The zero-order chi connectivity index (χ0) is 12.8. The highest BCUT2D eigenvalue weighted by atomic mass is 16.5. The van der Waals surface area contributed by atoms with Crippen LogP contribution in [0.15, 0.2) is 18.2 Å². The van der Waals surface area contributed by atoms with Gasteiger partial charge in [-0.15, -0.1) is 0 Å². The van der Waals surface area contributed by atoms with Crippen LogP contribution in [0, 0.1) is 0 Å². The summed E-state index contributed by atoms with van der Waals surface area (Å²) in [6.45, 7) is 0.375. The SMILES string of the molecule is COCc1cccc(OC)c1C(N)CC(=O)O. The molecule has 1 atom stereocenters. The molecule has 0 fully saturated rings. The minimum Gasteiger partial charge on any atom is -0.496 e. The van der Waals surface area contributed by atoms with Gasteiger partial charge in [-0.05, 0) is 11.6 Å². The second kappa shape index (κ2) is 6.22. The van der Waals surface area contributed by atoms with Crippen LogP contribution in [-0.4, -0.2) is 25.3 Å². The van der Waals surface area contributed by atoms with E-state index in [0.29, 0.717) is 17.9 Å². The number of nitrogens with two attached hydrogens (primary N) is 1. The number of aliphatic carboxylic acids is 1. The molecule has 1 rings (SSSR count). The van der Waals surface area contributed by atoms with Gasteiger partial charge in [0, 0.05) is 18.7 Å². The van der Waals surface area contributed by atoms with E-state index < -0.39 is 12.0 Å². The summed E-state index contributed by atoms with van der Waals surface area (Å²) >= 11 is 0. The van der Waals surface area contributed by atoms with Crippen LogP contribution in [0.5, 0.6) is 5.75 Å². The van der Waals surface area contributed by atoms with E-state index in [9.17, 15) is 4.79 Å². The lowest BCUT2D eigenvalue weighted by Crippen LogP contribution is -2.18. The van der Waals surface area contributed by atoms with Crippen molar-refractivity contribution in [3.8, 4) is 5.75 Å². The second-order valence-electron chi connectivity index (χ2n) is 3.67. The number of ether oxygens (including phenoxy) is 2. The fourth-order valence-corrected chi connectivity index (χ4v) is 1.76. The van der Waals surface area contributed by atoms with Crippen molar-refractivity contribution in [3.05, 3.63) is 29.3 Å². The van der Waals surface area contributed by atoms with Crippen molar-refractivity contribution in [2.24, 2.45) is 5.73 Å². The Labute approximate surface area is 100 Å². The quantitative estimate of drug-likeness (QED) is 0.782. The lowest BCUT2D eigenvalue weighted by atomic mass is 9.98. The van der Waals surface area contributed by atoms with E-state index in [1.807, 2.05) is 12.1 Å². The number of hydrogen-bond donors (Lipinski definition) is 2. The Morgan fingerprint density at radius 1 is 1.47 bits per heavy atom. The zero-order valence-corrected chi connectivity index (χ0v) is 9.97. The number of rotatable bonds is 6. The normalized spacial score (nSPS) is 12.2. The van der Waals surface area contributed by atoms with E-state index >= 15 is 0 Å². The topological polar surface area (TPSA) is 81.8 Å². The van der Waals surface area contributed by atoms with Crippen molar-refractivity contribution in [3.63, 3.8) is 0 Å². The van der Waals surface area contributed by atoms with Crippen LogP contribution in [0.3, 0.4) is 0 Å². The third-order valence-corrected chi connectivity index (χ3v) is 2.44. The minimum atomic E-state index is -0.938. The average Bonchev–Trinajstić information content (AvgIpc) is 2.28.